The predicted octanol–water partition coefficient (Wildman–Crippen LogP) is 0.567. The van der Waals surface area contributed by atoms with Crippen molar-refractivity contribution in [2.24, 2.45) is 5.73 Å². The van der Waals surface area contributed by atoms with Crippen molar-refractivity contribution in [1.29, 1.82) is 0 Å². The molecule has 1 aliphatic heterocycles. The quantitative estimate of drug-likeness (QED) is 0.750. The summed E-state index contributed by atoms with van der Waals surface area (Å²) in [5.41, 5.74) is 5.89. The van der Waals surface area contributed by atoms with Crippen LogP contribution in [0.1, 0.15) is 26.2 Å². The van der Waals surface area contributed by atoms with Gasteiger partial charge in [-0.1, -0.05) is 0 Å². The Bertz CT molecular complexity index is 199. The molecule has 0 bridgehead atoms. The van der Waals surface area contributed by atoms with Crippen LogP contribution in [-0.2, 0) is 10.8 Å². The van der Waals surface area contributed by atoms with Crippen LogP contribution in [0, 0.1) is 0 Å². The van der Waals surface area contributed by atoms with Gasteiger partial charge in [0.2, 0.25) is 0 Å². The van der Waals surface area contributed by atoms with Crippen LogP contribution in [0.5, 0.6) is 0 Å². The lowest BCUT2D eigenvalue weighted by Crippen LogP contribution is -2.45. The molecule has 0 radical (unpaired) electrons. The van der Waals surface area contributed by atoms with Crippen LogP contribution in [0.25, 0.3) is 0 Å². The second-order valence-electron chi connectivity index (χ2n) is 4.30. The highest BCUT2D eigenvalue weighted by Crippen LogP contribution is 2.15. The number of hydrogen-bond donors (Lipinski definition) is 1. The monoisotopic (exact) mass is 218 g/mol. The zero-order valence-corrected chi connectivity index (χ0v) is 10.1. The molecule has 1 aliphatic rings. The molecule has 84 valence electrons. The second-order valence-corrected chi connectivity index (χ2v) is 5.85. The standard InChI is InChI=1S/C10H22N2OS/c1-9-8-10(11)4-6-12(9)5-3-7-14(2)13/h9-10H,3-8,11H2,1-2H3. The van der Waals surface area contributed by atoms with E-state index in [4.69, 9.17) is 5.73 Å². The second kappa shape index (κ2) is 5.83. The Morgan fingerprint density at radius 2 is 2.29 bits per heavy atom. The molecule has 1 saturated heterocycles. The Hall–Kier alpha value is 0.0700. The molecule has 1 rings (SSSR count). The fourth-order valence-electron chi connectivity index (χ4n) is 2.06. The topological polar surface area (TPSA) is 46.3 Å². The SMILES string of the molecule is CC1CC(N)CCN1CCCS(C)=O. The predicted molar refractivity (Wildman–Crippen MR) is 61.8 cm³/mol. The first-order valence-corrected chi connectivity index (χ1v) is 7.12. The Morgan fingerprint density at radius 1 is 1.57 bits per heavy atom. The van der Waals surface area contributed by atoms with Gasteiger partial charge in [0.25, 0.3) is 0 Å². The first-order chi connectivity index (χ1) is 6.59. The van der Waals surface area contributed by atoms with E-state index < -0.39 is 10.8 Å². The van der Waals surface area contributed by atoms with Crippen molar-refractivity contribution in [3.8, 4) is 0 Å². The van der Waals surface area contributed by atoms with E-state index in [-0.39, 0.29) is 0 Å². The molecule has 0 saturated carbocycles. The summed E-state index contributed by atoms with van der Waals surface area (Å²) < 4.78 is 10.9. The lowest BCUT2D eigenvalue weighted by atomic mass is 9.99. The summed E-state index contributed by atoms with van der Waals surface area (Å²) in [6, 6.07) is 0.991. The minimum absolute atomic E-state index is 0.390. The molecule has 14 heavy (non-hydrogen) atoms. The molecular weight excluding hydrogens is 196 g/mol. The first-order valence-electron chi connectivity index (χ1n) is 5.39. The van der Waals surface area contributed by atoms with Gasteiger partial charge in [-0.25, -0.2) is 0 Å². The van der Waals surface area contributed by atoms with Gasteiger partial charge in [0.1, 0.15) is 0 Å². The molecular formula is C10H22N2OS. The smallest absolute Gasteiger partial charge is 0.0244 e. The van der Waals surface area contributed by atoms with Crippen LogP contribution in [0.2, 0.25) is 0 Å². The molecule has 0 aromatic heterocycles. The van der Waals surface area contributed by atoms with Gasteiger partial charge in [-0.2, -0.15) is 0 Å². The summed E-state index contributed by atoms with van der Waals surface area (Å²) in [5, 5.41) is 0. The van der Waals surface area contributed by atoms with Crippen LogP contribution in [0.4, 0.5) is 0 Å². The van der Waals surface area contributed by atoms with Crippen molar-refractivity contribution in [2.45, 2.75) is 38.3 Å². The lowest BCUT2D eigenvalue weighted by Gasteiger charge is -2.36. The maximum Gasteiger partial charge on any atom is 0.0244 e. The van der Waals surface area contributed by atoms with Gasteiger partial charge in [-0.05, 0) is 39.3 Å². The number of piperidine rings is 1. The fourth-order valence-corrected chi connectivity index (χ4v) is 2.60. The molecule has 3 unspecified atom stereocenters. The molecule has 3 atom stereocenters. The molecule has 0 amide bonds. The van der Waals surface area contributed by atoms with Crippen LogP contribution >= 0.6 is 0 Å². The highest BCUT2D eigenvalue weighted by atomic mass is 32.2. The Labute approximate surface area is 89.5 Å². The van der Waals surface area contributed by atoms with Gasteiger partial charge >= 0.3 is 0 Å². The number of likely N-dealkylation sites (tertiary alicyclic amines) is 1. The first kappa shape index (κ1) is 12.1. The van der Waals surface area contributed by atoms with Gasteiger partial charge < -0.3 is 10.6 Å². The third kappa shape index (κ3) is 4.07. The van der Waals surface area contributed by atoms with E-state index in [0.717, 1.165) is 38.1 Å². The van der Waals surface area contributed by atoms with E-state index >= 15 is 0 Å². The van der Waals surface area contributed by atoms with Gasteiger partial charge in [0, 0.05) is 34.9 Å². The number of rotatable bonds is 4. The summed E-state index contributed by atoms with van der Waals surface area (Å²) >= 11 is 0. The van der Waals surface area contributed by atoms with Crippen LogP contribution in [0.15, 0.2) is 0 Å². The number of hydrogen-bond acceptors (Lipinski definition) is 3. The Kier molecular flexibility index (Phi) is 5.06. The minimum Gasteiger partial charge on any atom is -0.328 e. The molecule has 0 aromatic carbocycles. The highest BCUT2D eigenvalue weighted by Gasteiger charge is 2.22. The largest absolute Gasteiger partial charge is 0.328 e. The highest BCUT2D eigenvalue weighted by molar-refractivity contribution is 7.84. The van der Waals surface area contributed by atoms with Crippen molar-refractivity contribution in [1.82, 2.24) is 4.90 Å². The van der Waals surface area contributed by atoms with E-state index in [2.05, 4.69) is 11.8 Å². The number of nitrogens with zero attached hydrogens (tertiary/aromatic N) is 1. The Balaban J connectivity index is 2.20. The van der Waals surface area contributed by atoms with E-state index in [1.807, 2.05) is 0 Å². The normalized spacial score (nSPS) is 31.6. The number of nitrogens with two attached hydrogens (primary N) is 1. The zero-order chi connectivity index (χ0) is 10.6. The summed E-state index contributed by atoms with van der Waals surface area (Å²) in [4.78, 5) is 2.47. The van der Waals surface area contributed by atoms with E-state index in [0.29, 0.717) is 12.1 Å². The average molecular weight is 218 g/mol. The third-order valence-corrected chi connectivity index (χ3v) is 3.80. The minimum atomic E-state index is -0.639. The lowest BCUT2D eigenvalue weighted by molar-refractivity contribution is 0.148. The molecule has 3 nitrogen and oxygen atoms in total. The summed E-state index contributed by atoms with van der Waals surface area (Å²) in [5.74, 6) is 0.829. The van der Waals surface area contributed by atoms with Crippen LogP contribution in [-0.4, -0.2) is 46.3 Å². The average Bonchev–Trinajstić information content (AvgIpc) is 2.08. The molecule has 2 N–H and O–H groups in total. The van der Waals surface area contributed by atoms with E-state index in [1.54, 1.807) is 6.26 Å². The van der Waals surface area contributed by atoms with Crippen molar-refractivity contribution in [3.05, 3.63) is 0 Å². The van der Waals surface area contributed by atoms with Crippen molar-refractivity contribution < 1.29 is 4.21 Å². The molecule has 0 spiro atoms. The van der Waals surface area contributed by atoms with Crippen LogP contribution in [0.3, 0.4) is 0 Å². The summed E-state index contributed by atoms with van der Waals surface area (Å²) in [6.45, 7) is 4.42. The van der Waals surface area contributed by atoms with E-state index in [9.17, 15) is 4.21 Å². The van der Waals surface area contributed by atoms with Gasteiger partial charge in [0.15, 0.2) is 0 Å². The molecule has 1 fully saturated rings. The summed E-state index contributed by atoms with van der Waals surface area (Å²) in [7, 11) is -0.639. The maximum absolute atomic E-state index is 10.9. The van der Waals surface area contributed by atoms with Gasteiger partial charge in [-0.3, -0.25) is 4.21 Å². The van der Waals surface area contributed by atoms with Gasteiger partial charge in [0.05, 0.1) is 0 Å². The molecule has 0 aliphatic carbocycles. The molecule has 4 heteroatoms. The van der Waals surface area contributed by atoms with Crippen molar-refractivity contribution >= 4 is 10.8 Å². The van der Waals surface area contributed by atoms with Crippen molar-refractivity contribution in [3.63, 3.8) is 0 Å². The van der Waals surface area contributed by atoms with Crippen LogP contribution < -0.4 is 5.73 Å². The van der Waals surface area contributed by atoms with E-state index in [1.165, 1.54) is 0 Å². The fraction of sp³-hybridized carbons (Fsp3) is 1.00. The third-order valence-electron chi connectivity index (χ3n) is 2.93. The zero-order valence-electron chi connectivity index (χ0n) is 9.24. The maximum atomic E-state index is 10.9. The Morgan fingerprint density at radius 3 is 2.86 bits per heavy atom. The summed E-state index contributed by atoms with van der Waals surface area (Å²) in [6.07, 6.45) is 5.03. The molecule has 1 heterocycles. The molecule has 0 aromatic rings. The van der Waals surface area contributed by atoms with Gasteiger partial charge in [-0.15, -0.1) is 0 Å². The van der Waals surface area contributed by atoms with Crippen molar-refractivity contribution in [2.75, 3.05) is 25.1 Å².